The summed E-state index contributed by atoms with van der Waals surface area (Å²) < 4.78 is 17.4. The summed E-state index contributed by atoms with van der Waals surface area (Å²) in [7, 11) is 3.36. The third kappa shape index (κ3) is 6.05. The maximum atomic E-state index is 12.9. The van der Waals surface area contributed by atoms with Crippen molar-refractivity contribution < 1.29 is 23.5 Å². The Kier molecular flexibility index (Phi) is 7.90. The van der Waals surface area contributed by atoms with E-state index in [-0.39, 0.29) is 36.8 Å². The molecule has 0 aliphatic carbocycles. The highest BCUT2D eigenvalue weighted by molar-refractivity contribution is 5.91. The van der Waals surface area contributed by atoms with E-state index in [1.807, 2.05) is 67.6 Å². The molecule has 1 atom stereocenters. The highest BCUT2D eigenvalue weighted by Crippen LogP contribution is 2.28. The second-order valence-electron chi connectivity index (χ2n) is 8.61. The van der Waals surface area contributed by atoms with Crippen molar-refractivity contribution in [3.05, 3.63) is 95.9 Å². The molecular formula is C29H30N2O5. The molecule has 0 spiro atoms. The van der Waals surface area contributed by atoms with Crippen molar-refractivity contribution in [2.45, 2.75) is 26.0 Å². The number of benzene rings is 3. The average molecular weight is 487 g/mol. The second-order valence-corrected chi connectivity index (χ2v) is 8.61. The van der Waals surface area contributed by atoms with E-state index in [4.69, 9.17) is 13.9 Å². The molecule has 3 aromatic carbocycles. The van der Waals surface area contributed by atoms with Crippen LogP contribution in [-0.4, -0.2) is 37.4 Å². The molecule has 0 bridgehead atoms. The van der Waals surface area contributed by atoms with E-state index in [2.05, 4.69) is 5.32 Å². The molecule has 7 heteroatoms. The van der Waals surface area contributed by atoms with Gasteiger partial charge in [0.25, 0.3) is 11.8 Å². The van der Waals surface area contributed by atoms with Gasteiger partial charge in [-0.15, -0.1) is 0 Å². The zero-order valence-electron chi connectivity index (χ0n) is 20.7. The average Bonchev–Trinajstić information content (AvgIpc) is 3.38. The molecule has 1 aromatic heterocycles. The van der Waals surface area contributed by atoms with Crippen molar-refractivity contribution >= 4 is 22.6 Å². The van der Waals surface area contributed by atoms with E-state index in [0.29, 0.717) is 17.9 Å². The summed E-state index contributed by atoms with van der Waals surface area (Å²) >= 11 is 0. The van der Waals surface area contributed by atoms with Crippen molar-refractivity contribution in [2.75, 3.05) is 20.7 Å². The Balaban J connectivity index is 1.39. The summed E-state index contributed by atoms with van der Waals surface area (Å²) in [5.74, 6) is 1.56. The fourth-order valence-electron chi connectivity index (χ4n) is 3.79. The first kappa shape index (κ1) is 24.9. The number of hydrogen-bond donors (Lipinski definition) is 1. The largest absolute Gasteiger partial charge is 0.486 e. The number of ether oxygens (including phenoxy) is 2. The van der Waals surface area contributed by atoms with Crippen LogP contribution < -0.4 is 14.8 Å². The lowest BCUT2D eigenvalue weighted by Gasteiger charge is -2.20. The maximum Gasteiger partial charge on any atom is 0.287 e. The summed E-state index contributed by atoms with van der Waals surface area (Å²) in [6, 6.07) is 24.4. The maximum absolute atomic E-state index is 12.9. The number of carbonyl (C=O) groups excluding carboxylic acids is 2. The fourth-order valence-corrected chi connectivity index (χ4v) is 3.79. The third-order valence-corrected chi connectivity index (χ3v) is 5.85. The van der Waals surface area contributed by atoms with Gasteiger partial charge >= 0.3 is 0 Å². The number of furan rings is 1. The SMILES string of the molecule is CCC(NC(=O)c1ccc(COc2ccc3ccccc3c2)o1)c1ccccc1OCC(=O)N(C)C. The first-order valence-corrected chi connectivity index (χ1v) is 11.9. The van der Waals surface area contributed by atoms with Crippen LogP contribution >= 0.6 is 0 Å². The summed E-state index contributed by atoms with van der Waals surface area (Å²) in [5.41, 5.74) is 0.798. The highest BCUT2D eigenvalue weighted by atomic mass is 16.5. The molecule has 4 rings (SSSR count). The van der Waals surface area contributed by atoms with Crippen LogP contribution in [0.15, 0.2) is 83.3 Å². The van der Waals surface area contributed by atoms with Crippen LogP contribution in [0.25, 0.3) is 10.8 Å². The summed E-state index contributed by atoms with van der Waals surface area (Å²) in [6.07, 6.45) is 0.631. The van der Waals surface area contributed by atoms with Gasteiger partial charge in [0.2, 0.25) is 0 Å². The van der Waals surface area contributed by atoms with Crippen molar-refractivity contribution in [1.82, 2.24) is 10.2 Å². The summed E-state index contributed by atoms with van der Waals surface area (Å²) in [6.45, 7) is 2.10. The Morgan fingerprint density at radius 3 is 2.44 bits per heavy atom. The molecule has 0 fully saturated rings. The number of likely N-dealkylation sites (N-methyl/N-ethyl adjacent to an activating group) is 1. The van der Waals surface area contributed by atoms with Gasteiger partial charge in [0.1, 0.15) is 23.9 Å². The van der Waals surface area contributed by atoms with Crippen molar-refractivity contribution in [3.8, 4) is 11.5 Å². The molecule has 186 valence electrons. The van der Waals surface area contributed by atoms with Crippen LogP contribution in [0.1, 0.15) is 41.3 Å². The number of carbonyl (C=O) groups is 2. The Morgan fingerprint density at radius 1 is 0.917 bits per heavy atom. The second kappa shape index (κ2) is 11.4. The van der Waals surface area contributed by atoms with Crippen LogP contribution in [0.3, 0.4) is 0 Å². The van der Waals surface area contributed by atoms with Gasteiger partial charge in [0, 0.05) is 19.7 Å². The zero-order chi connectivity index (χ0) is 25.5. The standard InChI is InChI=1S/C29H30N2O5/c1-4-25(24-11-7-8-12-26(24)35-19-28(32)31(2)3)30-29(33)27-16-15-23(36-27)18-34-22-14-13-20-9-5-6-10-21(20)17-22/h5-17,25H,4,18-19H2,1-3H3,(H,30,33). The number of nitrogens with zero attached hydrogens (tertiary/aromatic N) is 1. The lowest BCUT2D eigenvalue weighted by Crippen LogP contribution is -2.30. The fraction of sp³-hybridized carbons (Fsp3) is 0.241. The quantitative estimate of drug-likeness (QED) is 0.326. The van der Waals surface area contributed by atoms with E-state index < -0.39 is 0 Å². The van der Waals surface area contributed by atoms with Crippen molar-refractivity contribution in [2.24, 2.45) is 0 Å². The minimum Gasteiger partial charge on any atom is -0.486 e. The van der Waals surface area contributed by atoms with Crippen molar-refractivity contribution in [1.29, 1.82) is 0 Å². The van der Waals surface area contributed by atoms with Gasteiger partial charge in [-0.25, -0.2) is 0 Å². The lowest BCUT2D eigenvalue weighted by atomic mass is 10.0. The molecule has 1 heterocycles. The van der Waals surface area contributed by atoms with Crippen LogP contribution in [-0.2, 0) is 11.4 Å². The molecule has 0 radical (unpaired) electrons. The number of nitrogens with one attached hydrogen (secondary N) is 1. The van der Waals surface area contributed by atoms with Gasteiger partial charge in [-0.05, 0) is 47.5 Å². The predicted molar refractivity (Wildman–Crippen MR) is 138 cm³/mol. The molecule has 0 saturated heterocycles. The molecule has 0 aliphatic heterocycles. The van der Waals surface area contributed by atoms with Crippen LogP contribution in [0, 0.1) is 0 Å². The van der Waals surface area contributed by atoms with Gasteiger partial charge in [0.15, 0.2) is 12.4 Å². The van der Waals surface area contributed by atoms with E-state index in [1.54, 1.807) is 32.3 Å². The number of rotatable bonds is 10. The van der Waals surface area contributed by atoms with Gasteiger partial charge < -0.3 is 24.1 Å². The molecule has 4 aromatic rings. The molecule has 7 nitrogen and oxygen atoms in total. The zero-order valence-corrected chi connectivity index (χ0v) is 20.7. The Labute approximate surface area is 210 Å². The Bertz CT molecular complexity index is 1340. The van der Waals surface area contributed by atoms with Gasteiger partial charge in [0.05, 0.1) is 6.04 Å². The first-order chi connectivity index (χ1) is 17.4. The van der Waals surface area contributed by atoms with Gasteiger partial charge in [-0.2, -0.15) is 0 Å². The van der Waals surface area contributed by atoms with Gasteiger partial charge in [-0.1, -0.05) is 55.5 Å². The van der Waals surface area contributed by atoms with E-state index >= 15 is 0 Å². The summed E-state index contributed by atoms with van der Waals surface area (Å²) in [4.78, 5) is 26.4. The molecular weight excluding hydrogens is 456 g/mol. The minimum absolute atomic E-state index is 0.0762. The van der Waals surface area contributed by atoms with Crippen LogP contribution in [0.4, 0.5) is 0 Å². The van der Waals surface area contributed by atoms with E-state index in [0.717, 1.165) is 22.1 Å². The summed E-state index contributed by atoms with van der Waals surface area (Å²) in [5, 5.41) is 5.24. The van der Waals surface area contributed by atoms with Crippen molar-refractivity contribution in [3.63, 3.8) is 0 Å². The van der Waals surface area contributed by atoms with E-state index in [1.165, 1.54) is 4.90 Å². The number of para-hydroxylation sites is 1. The molecule has 0 aliphatic rings. The predicted octanol–water partition coefficient (Wildman–Crippen LogP) is 5.36. The molecule has 1 unspecified atom stereocenters. The highest BCUT2D eigenvalue weighted by Gasteiger charge is 2.20. The Hall–Kier alpha value is -4.26. The minimum atomic E-state index is -0.335. The topological polar surface area (TPSA) is 81.0 Å². The first-order valence-electron chi connectivity index (χ1n) is 11.9. The molecule has 0 saturated carbocycles. The van der Waals surface area contributed by atoms with E-state index in [9.17, 15) is 9.59 Å². The van der Waals surface area contributed by atoms with Gasteiger partial charge in [-0.3, -0.25) is 9.59 Å². The monoisotopic (exact) mass is 486 g/mol. The number of fused-ring (bicyclic) bond motifs is 1. The lowest BCUT2D eigenvalue weighted by molar-refractivity contribution is -0.130. The molecule has 2 amide bonds. The normalized spacial score (nSPS) is 11.6. The van der Waals surface area contributed by atoms with Crippen LogP contribution in [0.2, 0.25) is 0 Å². The Morgan fingerprint density at radius 2 is 1.67 bits per heavy atom. The molecule has 36 heavy (non-hydrogen) atoms. The smallest absolute Gasteiger partial charge is 0.287 e. The number of hydrogen-bond acceptors (Lipinski definition) is 5. The van der Waals surface area contributed by atoms with Crippen LogP contribution in [0.5, 0.6) is 11.5 Å². The number of amides is 2. The molecule has 1 N–H and O–H groups in total. The third-order valence-electron chi connectivity index (χ3n) is 5.85.